The third kappa shape index (κ3) is 4.41. The van der Waals surface area contributed by atoms with E-state index in [1.54, 1.807) is 4.80 Å². The second-order valence-electron chi connectivity index (χ2n) is 6.58. The molecule has 0 saturated carbocycles. The van der Waals surface area contributed by atoms with Gasteiger partial charge in [-0.25, -0.2) is 4.68 Å². The van der Waals surface area contributed by atoms with Crippen molar-refractivity contribution >= 4 is 22.1 Å². The zero-order chi connectivity index (χ0) is 18.5. The van der Waals surface area contributed by atoms with Gasteiger partial charge in [-0.05, 0) is 52.5 Å². The van der Waals surface area contributed by atoms with E-state index in [1.807, 2.05) is 86.3 Å². The van der Waals surface area contributed by atoms with Crippen molar-refractivity contribution < 1.29 is 0 Å². The lowest BCUT2D eigenvalue weighted by molar-refractivity contribution is 0.286. The molecule has 2 heterocycles. The van der Waals surface area contributed by atoms with Crippen molar-refractivity contribution in [2.45, 2.75) is 13.3 Å². The van der Waals surface area contributed by atoms with Gasteiger partial charge in [0.15, 0.2) is 0 Å². The van der Waals surface area contributed by atoms with Crippen LogP contribution in [-0.4, -0.2) is 68.0 Å². The lowest BCUT2D eigenvalue weighted by Crippen LogP contribution is -2.18. The largest absolute Gasteiger partial charge is 0.291 e. The first-order valence-corrected chi connectivity index (χ1v) is 8.40. The molecule has 8 nitrogen and oxygen atoms in total. The van der Waals surface area contributed by atoms with Crippen molar-refractivity contribution in [1.82, 2.24) is 39.8 Å². The molecule has 0 N–H and O–H groups in total. The minimum Gasteiger partial charge on any atom is -0.291 e. The van der Waals surface area contributed by atoms with Crippen LogP contribution < -0.4 is 0 Å². The molecule has 2 aromatic heterocycles. The highest BCUT2D eigenvalue weighted by molar-refractivity contribution is 5.74. The Balaban J connectivity index is 0.000000151. The minimum atomic E-state index is 0.717. The van der Waals surface area contributed by atoms with Crippen LogP contribution in [0.4, 0.5) is 0 Å². The zero-order valence-corrected chi connectivity index (χ0v) is 15.6. The molecule has 0 spiro atoms. The number of nitrogens with zero attached hydrogens (tertiary/aromatic N) is 8. The fourth-order valence-corrected chi connectivity index (χ4v) is 2.51. The Morgan fingerprint density at radius 1 is 0.731 bits per heavy atom. The Labute approximate surface area is 152 Å². The first kappa shape index (κ1) is 18.0. The van der Waals surface area contributed by atoms with Crippen LogP contribution in [0.3, 0.4) is 0 Å². The maximum atomic E-state index is 4.32. The molecule has 8 heteroatoms. The summed E-state index contributed by atoms with van der Waals surface area (Å²) in [4.78, 5) is 5.78. The molecule has 0 saturated heterocycles. The summed E-state index contributed by atoms with van der Waals surface area (Å²) in [6.07, 6.45) is 0. The van der Waals surface area contributed by atoms with Crippen LogP contribution >= 0.6 is 0 Å². The molecule has 0 amide bonds. The smallest absolute Gasteiger partial charge is 0.113 e. The summed E-state index contributed by atoms with van der Waals surface area (Å²) in [6, 6.07) is 15.8. The van der Waals surface area contributed by atoms with Gasteiger partial charge in [0, 0.05) is 0 Å². The van der Waals surface area contributed by atoms with Crippen molar-refractivity contribution in [3.63, 3.8) is 0 Å². The molecule has 0 unspecified atom stereocenters. The number of benzene rings is 2. The maximum absolute atomic E-state index is 4.32. The second kappa shape index (κ2) is 8.03. The summed E-state index contributed by atoms with van der Waals surface area (Å²) < 4.78 is 1.88. The van der Waals surface area contributed by atoms with E-state index in [-0.39, 0.29) is 0 Å². The predicted molar refractivity (Wildman–Crippen MR) is 102 cm³/mol. The van der Waals surface area contributed by atoms with Gasteiger partial charge in [0.05, 0.1) is 12.2 Å². The Bertz CT molecular complexity index is 928. The van der Waals surface area contributed by atoms with Gasteiger partial charge in [-0.1, -0.05) is 29.5 Å². The van der Waals surface area contributed by atoms with Gasteiger partial charge in [-0.15, -0.1) is 5.10 Å². The van der Waals surface area contributed by atoms with Crippen LogP contribution in [-0.2, 0) is 13.3 Å². The summed E-state index contributed by atoms with van der Waals surface area (Å²) in [6.45, 7) is 1.48. The molecule has 0 aliphatic heterocycles. The Morgan fingerprint density at radius 2 is 1.27 bits per heavy atom. The number of hydrogen-bond donors (Lipinski definition) is 0. The summed E-state index contributed by atoms with van der Waals surface area (Å²) in [7, 11) is 8.01. The zero-order valence-electron chi connectivity index (χ0n) is 15.6. The third-order valence-corrected chi connectivity index (χ3v) is 3.57. The highest BCUT2D eigenvalue weighted by atomic mass is 15.5. The normalized spacial score (nSPS) is 11.3. The van der Waals surface area contributed by atoms with Gasteiger partial charge < -0.3 is 0 Å². The monoisotopic (exact) mass is 352 g/mol. The van der Waals surface area contributed by atoms with Crippen LogP contribution in [0.1, 0.15) is 0 Å². The summed E-state index contributed by atoms with van der Waals surface area (Å²) >= 11 is 0. The lowest BCUT2D eigenvalue weighted by Gasteiger charge is -2.08. The fraction of sp³-hybridized carbons (Fsp3) is 0.333. The summed E-state index contributed by atoms with van der Waals surface area (Å²) in [5, 5.41) is 16.8. The third-order valence-electron chi connectivity index (χ3n) is 3.57. The molecule has 0 bridgehead atoms. The number of rotatable bonds is 4. The van der Waals surface area contributed by atoms with E-state index in [1.165, 1.54) is 0 Å². The molecule has 0 aliphatic carbocycles. The molecule has 0 fully saturated rings. The van der Waals surface area contributed by atoms with Gasteiger partial charge >= 0.3 is 0 Å². The number of aromatic nitrogens is 6. The molecule has 26 heavy (non-hydrogen) atoms. The van der Waals surface area contributed by atoms with Crippen molar-refractivity contribution in [1.29, 1.82) is 0 Å². The molecular formula is C18H24N8. The van der Waals surface area contributed by atoms with Crippen molar-refractivity contribution in [3.8, 4) is 0 Å². The molecule has 0 aliphatic rings. The van der Waals surface area contributed by atoms with Gasteiger partial charge in [-0.3, -0.25) is 9.80 Å². The van der Waals surface area contributed by atoms with E-state index in [9.17, 15) is 0 Å². The molecule has 0 radical (unpaired) electrons. The van der Waals surface area contributed by atoms with E-state index in [2.05, 4.69) is 25.4 Å². The number of para-hydroxylation sites is 1. The van der Waals surface area contributed by atoms with Crippen LogP contribution in [0.2, 0.25) is 0 Å². The Hall–Kier alpha value is -2.84. The number of hydrogen-bond acceptors (Lipinski definition) is 6. The van der Waals surface area contributed by atoms with Crippen LogP contribution in [0, 0.1) is 0 Å². The van der Waals surface area contributed by atoms with Crippen LogP contribution in [0.5, 0.6) is 0 Å². The van der Waals surface area contributed by atoms with E-state index >= 15 is 0 Å². The molecule has 2 aromatic carbocycles. The van der Waals surface area contributed by atoms with E-state index in [4.69, 9.17) is 0 Å². The first-order valence-electron chi connectivity index (χ1n) is 8.40. The predicted octanol–water partition coefficient (Wildman–Crippen LogP) is 1.90. The van der Waals surface area contributed by atoms with Crippen LogP contribution in [0.15, 0.2) is 48.5 Å². The minimum absolute atomic E-state index is 0.717. The van der Waals surface area contributed by atoms with E-state index in [0.29, 0.717) is 6.67 Å². The molecule has 4 rings (SSSR count). The molecule has 4 aromatic rings. The summed E-state index contributed by atoms with van der Waals surface area (Å²) in [5.41, 5.74) is 3.93. The highest BCUT2D eigenvalue weighted by Gasteiger charge is 2.02. The molecular weight excluding hydrogens is 328 g/mol. The van der Waals surface area contributed by atoms with Gasteiger partial charge in [0.1, 0.15) is 23.2 Å². The molecule has 0 atom stereocenters. The SMILES string of the molecule is CN(C)Cn1nc2ccccc2n1.CN(C)Cn1nnc2ccccc21. The van der Waals surface area contributed by atoms with Crippen LogP contribution in [0.25, 0.3) is 22.1 Å². The van der Waals surface area contributed by atoms with Gasteiger partial charge in [0.25, 0.3) is 0 Å². The topological polar surface area (TPSA) is 67.9 Å². The van der Waals surface area contributed by atoms with Gasteiger partial charge in [0.2, 0.25) is 0 Å². The van der Waals surface area contributed by atoms with Gasteiger partial charge in [-0.2, -0.15) is 15.0 Å². The average molecular weight is 352 g/mol. The highest BCUT2D eigenvalue weighted by Crippen LogP contribution is 2.09. The average Bonchev–Trinajstić information content (AvgIpc) is 3.18. The Kier molecular flexibility index (Phi) is 5.55. The molecule has 136 valence electrons. The summed E-state index contributed by atoms with van der Waals surface area (Å²) in [5.74, 6) is 0. The standard InChI is InChI=1S/2C9H12N4/c1-12(2)7-13-9-6-4-3-5-8(9)10-11-13;1-12(2)7-13-10-8-5-3-4-6-9(8)11-13/h2*3-6H,7H2,1-2H3. The lowest BCUT2D eigenvalue weighted by atomic mass is 10.3. The van der Waals surface area contributed by atoms with Crippen molar-refractivity contribution in [2.24, 2.45) is 0 Å². The van der Waals surface area contributed by atoms with Crippen molar-refractivity contribution in [2.75, 3.05) is 28.2 Å². The van der Waals surface area contributed by atoms with E-state index in [0.717, 1.165) is 28.7 Å². The first-order chi connectivity index (χ1) is 12.5. The number of fused-ring (bicyclic) bond motifs is 2. The second-order valence-corrected chi connectivity index (χ2v) is 6.58. The maximum Gasteiger partial charge on any atom is 0.113 e. The van der Waals surface area contributed by atoms with E-state index < -0.39 is 0 Å². The fourth-order valence-electron chi connectivity index (χ4n) is 2.51. The van der Waals surface area contributed by atoms with Crippen molar-refractivity contribution in [3.05, 3.63) is 48.5 Å². The Morgan fingerprint density at radius 3 is 1.85 bits per heavy atom. The quantitative estimate of drug-likeness (QED) is 0.559.